The van der Waals surface area contributed by atoms with Gasteiger partial charge in [-0.1, -0.05) is 37.2 Å². The third-order valence-corrected chi connectivity index (χ3v) is 5.22. The minimum atomic E-state index is -3.37. The van der Waals surface area contributed by atoms with E-state index in [1.165, 1.54) is 0 Å². The van der Waals surface area contributed by atoms with Crippen LogP contribution in [-0.2, 0) is 10.0 Å². The Kier molecular flexibility index (Phi) is 4.82. The molecule has 1 aromatic rings. The molecule has 0 spiro atoms. The number of hydrogen-bond donors (Lipinski definition) is 2. The number of para-hydroxylation sites is 2. The second-order valence-electron chi connectivity index (χ2n) is 4.80. The number of ether oxygens (including phenoxy) is 1. The van der Waals surface area contributed by atoms with Crippen molar-refractivity contribution in [1.29, 1.82) is 0 Å². The number of anilines is 1. The Morgan fingerprint density at radius 3 is 2.65 bits per heavy atom. The summed E-state index contributed by atoms with van der Waals surface area (Å²) in [4.78, 5) is 0.221. The highest BCUT2D eigenvalue weighted by atomic mass is 32.2. The second kappa shape index (κ2) is 6.41. The lowest BCUT2D eigenvalue weighted by Crippen LogP contribution is -2.26. The summed E-state index contributed by atoms with van der Waals surface area (Å²) in [6, 6.07) is 6.87. The van der Waals surface area contributed by atoms with E-state index in [1.807, 2.05) is 0 Å². The number of rotatable bonds is 6. The normalized spacial score (nSPS) is 16.0. The Bertz CT molecular complexity index is 581. The van der Waals surface area contributed by atoms with Crippen molar-refractivity contribution in [3.05, 3.63) is 24.3 Å². The molecule has 0 heterocycles. The summed E-state index contributed by atoms with van der Waals surface area (Å²) in [7, 11) is -3.37. The van der Waals surface area contributed by atoms with Crippen LogP contribution in [0, 0.1) is 0 Å². The van der Waals surface area contributed by atoms with Gasteiger partial charge in [0.25, 0.3) is 0 Å². The van der Waals surface area contributed by atoms with Crippen LogP contribution in [0.1, 0.15) is 25.7 Å². The fraction of sp³-hybridized carbons (Fsp3) is 0.462. The maximum Gasteiger partial charge on any atom is 0.235 e. The van der Waals surface area contributed by atoms with Crippen LogP contribution in [0.3, 0.4) is 0 Å². The molecule has 110 valence electrons. The molecule has 0 atom stereocenters. The topological polar surface area (TPSA) is 81.4 Å². The van der Waals surface area contributed by atoms with Crippen molar-refractivity contribution in [2.75, 3.05) is 11.3 Å². The van der Waals surface area contributed by atoms with Gasteiger partial charge in [0.2, 0.25) is 10.0 Å². The summed E-state index contributed by atoms with van der Waals surface area (Å²) in [5.41, 5.74) is 5.81. The van der Waals surface area contributed by atoms with E-state index < -0.39 is 10.0 Å². The van der Waals surface area contributed by atoms with Gasteiger partial charge in [-0.25, -0.2) is 8.42 Å². The van der Waals surface area contributed by atoms with Gasteiger partial charge in [-0.15, -0.1) is 0 Å². The molecule has 0 aromatic heterocycles. The second-order valence-corrected chi connectivity index (χ2v) is 7.29. The van der Waals surface area contributed by atoms with E-state index in [0.717, 1.165) is 12.8 Å². The average Bonchev–Trinajstić information content (AvgIpc) is 2.92. The number of hydrogen-bond acceptors (Lipinski definition) is 4. The van der Waals surface area contributed by atoms with Crippen LogP contribution in [0.15, 0.2) is 24.3 Å². The maximum atomic E-state index is 12.3. The monoisotopic (exact) mass is 314 g/mol. The molecule has 1 aromatic carbocycles. The van der Waals surface area contributed by atoms with Gasteiger partial charge in [-0.05, 0) is 25.0 Å². The molecule has 2 rings (SSSR count). The van der Waals surface area contributed by atoms with Gasteiger partial charge in [0.05, 0.1) is 10.9 Å². The molecule has 1 fully saturated rings. The summed E-state index contributed by atoms with van der Waals surface area (Å²) < 4.78 is 32.6. The first-order chi connectivity index (χ1) is 9.49. The maximum absolute atomic E-state index is 12.3. The van der Waals surface area contributed by atoms with E-state index in [0.29, 0.717) is 24.3 Å². The Morgan fingerprint density at radius 1 is 1.35 bits per heavy atom. The molecule has 3 N–H and O–H groups in total. The van der Waals surface area contributed by atoms with Crippen molar-refractivity contribution < 1.29 is 13.2 Å². The van der Waals surface area contributed by atoms with E-state index >= 15 is 0 Å². The zero-order valence-electron chi connectivity index (χ0n) is 11.0. The summed E-state index contributed by atoms with van der Waals surface area (Å²) in [5, 5.41) is -0.314. The smallest absolute Gasteiger partial charge is 0.235 e. The molecule has 0 aliphatic heterocycles. The van der Waals surface area contributed by atoms with Crippen molar-refractivity contribution in [2.45, 2.75) is 30.9 Å². The molecule has 0 unspecified atom stereocenters. The molecular formula is C13H18N2O3S2. The van der Waals surface area contributed by atoms with E-state index in [-0.39, 0.29) is 16.8 Å². The SMILES string of the molecule is NC(=S)COc1ccccc1NS(=O)(=O)C1CCCC1. The molecule has 0 amide bonds. The molecule has 1 aliphatic carbocycles. The fourth-order valence-electron chi connectivity index (χ4n) is 2.26. The molecule has 7 heteroatoms. The summed E-state index contributed by atoms with van der Waals surface area (Å²) in [6.45, 7) is 0.0809. The van der Waals surface area contributed by atoms with Crippen LogP contribution in [-0.4, -0.2) is 25.3 Å². The van der Waals surface area contributed by atoms with Crippen LogP contribution in [0.5, 0.6) is 5.75 Å². The van der Waals surface area contributed by atoms with Crippen molar-refractivity contribution in [1.82, 2.24) is 0 Å². The van der Waals surface area contributed by atoms with Crippen LogP contribution in [0.4, 0.5) is 5.69 Å². The molecule has 0 radical (unpaired) electrons. The zero-order chi connectivity index (χ0) is 14.6. The minimum Gasteiger partial charge on any atom is -0.484 e. The third kappa shape index (κ3) is 3.83. The lowest BCUT2D eigenvalue weighted by molar-refractivity contribution is 0.379. The molecular weight excluding hydrogens is 296 g/mol. The Morgan fingerprint density at radius 2 is 2.00 bits per heavy atom. The predicted octanol–water partition coefficient (Wildman–Crippen LogP) is 2.04. The zero-order valence-corrected chi connectivity index (χ0v) is 12.7. The molecule has 0 saturated heterocycles. The standard InChI is InChI=1S/C13H18N2O3S2/c14-13(19)9-18-12-8-4-3-7-11(12)15-20(16,17)10-5-1-2-6-10/h3-4,7-8,10,15H,1-2,5-6,9H2,(H2,14,19). The molecule has 0 bridgehead atoms. The number of nitrogens with two attached hydrogens (primary N) is 1. The van der Waals surface area contributed by atoms with Gasteiger partial charge in [0.15, 0.2) is 0 Å². The molecule has 1 saturated carbocycles. The van der Waals surface area contributed by atoms with Gasteiger partial charge in [0, 0.05) is 0 Å². The van der Waals surface area contributed by atoms with Gasteiger partial charge in [-0.2, -0.15) is 0 Å². The van der Waals surface area contributed by atoms with Crippen molar-refractivity contribution in [3.8, 4) is 5.75 Å². The van der Waals surface area contributed by atoms with E-state index in [2.05, 4.69) is 4.72 Å². The van der Waals surface area contributed by atoms with Gasteiger partial charge < -0.3 is 10.5 Å². The van der Waals surface area contributed by atoms with Crippen molar-refractivity contribution >= 4 is 32.9 Å². The highest BCUT2D eigenvalue weighted by Gasteiger charge is 2.29. The Labute approximate surface area is 124 Å². The van der Waals surface area contributed by atoms with Gasteiger partial charge in [0.1, 0.15) is 17.3 Å². The van der Waals surface area contributed by atoms with Crippen LogP contribution in [0.2, 0.25) is 0 Å². The molecule has 5 nitrogen and oxygen atoms in total. The van der Waals surface area contributed by atoms with Crippen LogP contribution >= 0.6 is 12.2 Å². The lowest BCUT2D eigenvalue weighted by Gasteiger charge is -2.16. The molecule has 1 aliphatic rings. The van der Waals surface area contributed by atoms with Crippen LogP contribution in [0.25, 0.3) is 0 Å². The summed E-state index contributed by atoms with van der Waals surface area (Å²) in [5.74, 6) is 0.432. The van der Waals surface area contributed by atoms with Gasteiger partial charge in [-0.3, -0.25) is 4.72 Å². The van der Waals surface area contributed by atoms with Crippen molar-refractivity contribution in [2.24, 2.45) is 5.73 Å². The van der Waals surface area contributed by atoms with Crippen LogP contribution < -0.4 is 15.2 Å². The highest BCUT2D eigenvalue weighted by Crippen LogP contribution is 2.30. The first-order valence-electron chi connectivity index (χ1n) is 6.51. The average molecular weight is 314 g/mol. The lowest BCUT2D eigenvalue weighted by atomic mass is 10.3. The number of sulfonamides is 1. The largest absolute Gasteiger partial charge is 0.484 e. The predicted molar refractivity (Wildman–Crippen MR) is 83.5 cm³/mol. The summed E-state index contributed by atoms with van der Waals surface area (Å²) >= 11 is 4.75. The first kappa shape index (κ1) is 15.1. The fourth-order valence-corrected chi connectivity index (χ4v) is 3.92. The third-order valence-electron chi connectivity index (χ3n) is 3.25. The first-order valence-corrected chi connectivity index (χ1v) is 8.46. The quantitative estimate of drug-likeness (QED) is 0.785. The Hall–Kier alpha value is -1.34. The number of thiocarbonyl (C=S) groups is 1. The van der Waals surface area contributed by atoms with Gasteiger partial charge >= 0.3 is 0 Å². The highest BCUT2D eigenvalue weighted by molar-refractivity contribution is 7.93. The van der Waals surface area contributed by atoms with E-state index in [4.69, 9.17) is 22.7 Å². The van der Waals surface area contributed by atoms with Crippen molar-refractivity contribution in [3.63, 3.8) is 0 Å². The number of nitrogens with one attached hydrogen (secondary N) is 1. The van der Waals surface area contributed by atoms with E-state index in [1.54, 1.807) is 24.3 Å². The Balaban J connectivity index is 2.14. The number of benzene rings is 1. The summed E-state index contributed by atoms with van der Waals surface area (Å²) in [6.07, 6.45) is 3.35. The molecule has 20 heavy (non-hydrogen) atoms. The minimum absolute atomic E-state index is 0.0809. The van der Waals surface area contributed by atoms with E-state index in [9.17, 15) is 8.42 Å².